The van der Waals surface area contributed by atoms with Gasteiger partial charge in [0.05, 0.1) is 6.61 Å². The minimum Gasteiger partial charge on any atom is -0.488 e. The van der Waals surface area contributed by atoms with Crippen molar-refractivity contribution in [3.63, 3.8) is 0 Å². The molecule has 136 valence electrons. The number of hydrogen-bond acceptors (Lipinski definition) is 3. The maximum Gasteiger partial charge on any atom is 0.228 e. The summed E-state index contributed by atoms with van der Waals surface area (Å²) in [5.41, 5.74) is 3.32. The molecule has 1 fully saturated rings. The highest BCUT2D eigenvalue weighted by molar-refractivity contribution is 5.97. The first-order valence-electron chi connectivity index (χ1n) is 9.14. The van der Waals surface area contributed by atoms with Crippen molar-refractivity contribution < 1.29 is 14.6 Å². The van der Waals surface area contributed by atoms with Gasteiger partial charge >= 0.3 is 0 Å². The number of carbonyl (C=O) groups is 1. The van der Waals surface area contributed by atoms with Gasteiger partial charge < -0.3 is 15.2 Å². The number of benzene rings is 2. The molecule has 1 amide bonds. The summed E-state index contributed by atoms with van der Waals surface area (Å²) in [7, 11) is 0. The molecule has 2 N–H and O–H groups in total. The summed E-state index contributed by atoms with van der Waals surface area (Å²) < 4.78 is 6.13. The van der Waals surface area contributed by atoms with Gasteiger partial charge in [0.25, 0.3) is 0 Å². The van der Waals surface area contributed by atoms with Crippen molar-refractivity contribution in [3.8, 4) is 5.75 Å². The third-order valence-corrected chi connectivity index (χ3v) is 5.69. The molecule has 1 heterocycles. The lowest BCUT2D eigenvalue weighted by Gasteiger charge is -2.38. The van der Waals surface area contributed by atoms with Crippen molar-refractivity contribution in [2.75, 3.05) is 5.32 Å². The van der Waals surface area contributed by atoms with E-state index in [0.717, 1.165) is 41.0 Å². The van der Waals surface area contributed by atoms with Crippen molar-refractivity contribution >= 4 is 11.6 Å². The summed E-state index contributed by atoms with van der Waals surface area (Å²) in [6.07, 6.45) is 1.69. The molecule has 0 aromatic heterocycles. The lowest BCUT2D eigenvalue weighted by atomic mass is 9.80. The van der Waals surface area contributed by atoms with Gasteiger partial charge in [0.2, 0.25) is 5.91 Å². The minimum atomic E-state index is -0.282. The van der Waals surface area contributed by atoms with E-state index in [9.17, 15) is 9.90 Å². The standard InChI is InChI=1S/C22H25NO3/c1-14-8-9-15(12-24)10-18(14)23-20(25)17-11-22(17)13-21(2,3)26-19-7-5-4-6-16(19)22/h4-10,17,24H,11-13H2,1-3H3,(H,23,25)/t17-,22+/m1/s1. The summed E-state index contributed by atoms with van der Waals surface area (Å²) in [5, 5.41) is 12.4. The molecule has 2 atom stereocenters. The first-order valence-corrected chi connectivity index (χ1v) is 9.14. The van der Waals surface area contributed by atoms with E-state index in [1.807, 2.05) is 43.3 Å². The maximum absolute atomic E-state index is 13.0. The molecule has 0 bridgehead atoms. The van der Waals surface area contributed by atoms with Gasteiger partial charge in [0.15, 0.2) is 0 Å². The molecule has 1 aliphatic heterocycles. The number of hydrogen-bond donors (Lipinski definition) is 2. The lowest BCUT2D eigenvalue weighted by molar-refractivity contribution is -0.118. The van der Waals surface area contributed by atoms with E-state index in [0.29, 0.717) is 0 Å². The number of para-hydroxylation sites is 1. The Balaban J connectivity index is 1.61. The molecule has 1 aliphatic carbocycles. The highest BCUT2D eigenvalue weighted by Gasteiger charge is 2.63. The zero-order valence-electron chi connectivity index (χ0n) is 15.5. The van der Waals surface area contributed by atoms with Crippen LogP contribution in [0.5, 0.6) is 5.75 Å². The van der Waals surface area contributed by atoms with Gasteiger partial charge in [-0.2, -0.15) is 0 Å². The molecule has 1 spiro atoms. The van der Waals surface area contributed by atoms with Crippen LogP contribution in [0.3, 0.4) is 0 Å². The number of carbonyl (C=O) groups excluding carboxylic acids is 1. The van der Waals surface area contributed by atoms with Gasteiger partial charge in [0, 0.05) is 22.6 Å². The van der Waals surface area contributed by atoms with Crippen LogP contribution in [-0.4, -0.2) is 16.6 Å². The Bertz CT molecular complexity index is 873. The van der Waals surface area contributed by atoms with Crippen molar-refractivity contribution in [1.29, 1.82) is 0 Å². The van der Waals surface area contributed by atoms with Gasteiger partial charge in [-0.25, -0.2) is 0 Å². The summed E-state index contributed by atoms with van der Waals surface area (Å²) in [6, 6.07) is 13.7. The Kier molecular flexibility index (Phi) is 3.85. The van der Waals surface area contributed by atoms with E-state index < -0.39 is 0 Å². The van der Waals surface area contributed by atoms with E-state index in [2.05, 4.69) is 25.2 Å². The Morgan fingerprint density at radius 1 is 1.27 bits per heavy atom. The van der Waals surface area contributed by atoms with Crippen molar-refractivity contribution in [1.82, 2.24) is 0 Å². The molecule has 2 aromatic rings. The molecular weight excluding hydrogens is 326 g/mol. The Morgan fingerprint density at radius 3 is 2.81 bits per heavy atom. The van der Waals surface area contributed by atoms with Crippen molar-refractivity contribution in [2.45, 2.75) is 51.2 Å². The van der Waals surface area contributed by atoms with E-state index in [-0.39, 0.29) is 29.4 Å². The summed E-state index contributed by atoms with van der Waals surface area (Å²) in [6.45, 7) is 6.11. The molecule has 0 unspecified atom stereocenters. The maximum atomic E-state index is 13.0. The fourth-order valence-corrected chi connectivity index (χ4v) is 4.42. The number of amides is 1. The number of aliphatic hydroxyl groups excluding tert-OH is 1. The SMILES string of the molecule is Cc1ccc(CO)cc1NC(=O)[C@H]1C[C@@]12CC(C)(C)Oc1ccccc12. The van der Waals surface area contributed by atoms with Crippen LogP contribution in [0.1, 0.15) is 43.4 Å². The average Bonchev–Trinajstić information content (AvgIpc) is 3.30. The van der Waals surface area contributed by atoms with Crippen molar-refractivity contribution in [3.05, 3.63) is 59.2 Å². The number of aliphatic hydroxyl groups is 1. The number of anilines is 1. The van der Waals surface area contributed by atoms with Crippen LogP contribution in [0.25, 0.3) is 0 Å². The molecule has 4 heteroatoms. The molecule has 2 aromatic carbocycles. The van der Waals surface area contributed by atoms with Gasteiger partial charge in [-0.15, -0.1) is 0 Å². The Labute approximate surface area is 154 Å². The second kappa shape index (κ2) is 5.85. The second-order valence-corrected chi connectivity index (χ2v) is 8.24. The number of rotatable bonds is 3. The van der Waals surface area contributed by atoms with Gasteiger partial charge in [-0.05, 0) is 56.9 Å². The molecule has 0 saturated heterocycles. The first-order chi connectivity index (χ1) is 12.3. The first kappa shape index (κ1) is 17.1. The molecule has 2 aliphatic rings. The topological polar surface area (TPSA) is 58.6 Å². The predicted molar refractivity (Wildman–Crippen MR) is 101 cm³/mol. The fraction of sp³-hybridized carbons (Fsp3) is 0.409. The third kappa shape index (κ3) is 2.78. The van der Waals surface area contributed by atoms with Crippen LogP contribution < -0.4 is 10.1 Å². The molecular formula is C22H25NO3. The normalized spacial score (nSPS) is 25.3. The quantitative estimate of drug-likeness (QED) is 0.880. The van der Waals surface area contributed by atoms with E-state index in [1.54, 1.807) is 0 Å². The van der Waals surface area contributed by atoms with Crippen LogP contribution >= 0.6 is 0 Å². The van der Waals surface area contributed by atoms with E-state index in [4.69, 9.17) is 4.74 Å². The van der Waals surface area contributed by atoms with E-state index >= 15 is 0 Å². The predicted octanol–water partition coefficient (Wildman–Crippen LogP) is 3.94. The molecule has 26 heavy (non-hydrogen) atoms. The van der Waals surface area contributed by atoms with Gasteiger partial charge in [-0.1, -0.05) is 30.3 Å². The summed E-state index contributed by atoms with van der Waals surface area (Å²) in [5.74, 6) is 0.900. The molecule has 1 saturated carbocycles. The van der Waals surface area contributed by atoms with E-state index in [1.165, 1.54) is 0 Å². The Morgan fingerprint density at radius 2 is 2.04 bits per heavy atom. The van der Waals surface area contributed by atoms with Crippen LogP contribution in [0, 0.1) is 12.8 Å². The summed E-state index contributed by atoms with van der Waals surface area (Å²) >= 11 is 0. The lowest BCUT2D eigenvalue weighted by Crippen LogP contribution is -2.39. The van der Waals surface area contributed by atoms with Crippen LogP contribution in [0.2, 0.25) is 0 Å². The Hall–Kier alpha value is -2.33. The third-order valence-electron chi connectivity index (χ3n) is 5.69. The number of nitrogens with one attached hydrogen (secondary N) is 1. The highest BCUT2D eigenvalue weighted by atomic mass is 16.5. The fourth-order valence-electron chi connectivity index (χ4n) is 4.42. The molecule has 4 rings (SSSR count). The molecule has 4 nitrogen and oxygen atoms in total. The summed E-state index contributed by atoms with van der Waals surface area (Å²) in [4.78, 5) is 13.0. The number of fused-ring (bicyclic) bond motifs is 2. The monoisotopic (exact) mass is 351 g/mol. The largest absolute Gasteiger partial charge is 0.488 e. The minimum absolute atomic E-state index is 0.0323. The average molecular weight is 351 g/mol. The molecule has 0 radical (unpaired) electrons. The highest BCUT2D eigenvalue weighted by Crippen LogP contribution is 2.63. The zero-order valence-corrected chi connectivity index (χ0v) is 15.5. The zero-order chi connectivity index (χ0) is 18.5. The number of aryl methyl sites for hydroxylation is 1. The van der Waals surface area contributed by atoms with Gasteiger partial charge in [0.1, 0.15) is 11.4 Å². The van der Waals surface area contributed by atoms with Crippen LogP contribution in [0.15, 0.2) is 42.5 Å². The van der Waals surface area contributed by atoms with Crippen LogP contribution in [0.4, 0.5) is 5.69 Å². The smallest absolute Gasteiger partial charge is 0.228 e. The van der Waals surface area contributed by atoms with Gasteiger partial charge in [-0.3, -0.25) is 4.79 Å². The van der Waals surface area contributed by atoms with Crippen LogP contribution in [-0.2, 0) is 16.8 Å². The number of ether oxygens (including phenoxy) is 1. The van der Waals surface area contributed by atoms with Crippen molar-refractivity contribution in [2.24, 2.45) is 5.92 Å². The second-order valence-electron chi connectivity index (χ2n) is 8.24.